The second-order valence-electron chi connectivity index (χ2n) is 7.18. The van der Waals surface area contributed by atoms with Crippen LogP contribution in [0.15, 0.2) is 65.7 Å². The third-order valence-electron chi connectivity index (χ3n) is 4.49. The van der Waals surface area contributed by atoms with Crippen molar-refractivity contribution >= 4 is 11.5 Å². The molecule has 0 aliphatic carbocycles. The van der Waals surface area contributed by atoms with Crippen LogP contribution in [0.2, 0.25) is 0 Å². The van der Waals surface area contributed by atoms with Gasteiger partial charge in [-0.1, -0.05) is 54.2 Å². The number of carbonyl (C=O) groups excluding carboxylic acids is 1. The highest BCUT2D eigenvalue weighted by molar-refractivity contribution is 5.96. The summed E-state index contributed by atoms with van der Waals surface area (Å²) in [7, 11) is 3.79. The van der Waals surface area contributed by atoms with E-state index in [2.05, 4.69) is 26.6 Å². The van der Waals surface area contributed by atoms with Gasteiger partial charge in [-0.15, -0.1) is 0 Å². The maximum atomic E-state index is 12.8. The molecule has 0 saturated heterocycles. The molecule has 1 N–H and O–H groups in total. The molecule has 3 aromatic rings. The van der Waals surface area contributed by atoms with Gasteiger partial charge in [0, 0.05) is 17.7 Å². The Bertz CT molecular complexity index is 1040. The summed E-state index contributed by atoms with van der Waals surface area (Å²) in [4.78, 5) is 18.1. The normalized spacial score (nSPS) is 12.6. The molecule has 0 bridgehead atoms. The van der Waals surface area contributed by atoms with Crippen LogP contribution in [-0.2, 0) is 6.18 Å². The van der Waals surface area contributed by atoms with Crippen LogP contribution < -0.4 is 5.32 Å². The predicted octanol–water partition coefficient (Wildman–Crippen LogP) is 4.13. The molecule has 0 saturated carbocycles. The van der Waals surface area contributed by atoms with Crippen LogP contribution in [0, 0.1) is 0 Å². The molecule has 0 unspecified atom stereocenters. The number of carbonyl (C=O) groups is 1. The molecule has 6 nitrogen and oxygen atoms in total. The number of benzene rings is 2. The first-order valence-electron chi connectivity index (χ1n) is 9.36. The number of hydrogen-bond acceptors (Lipinski definition) is 5. The number of hydrogen-bond donors (Lipinski definition) is 1. The molecule has 1 heterocycles. The van der Waals surface area contributed by atoms with Gasteiger partial charge >= 0.3 is 12.1 Å². The number of rotatable bonds is 7. The van der Waals surface area contributed by atoms with Crippen LogP contribution in [0.1, 0.15) is 21.8 Å². The molecule has 0 aliphatic rings. The highest BCUT2D eigenvalue weighted by atomic mass is 19.4. The smallest absolute Gasteiger partial charge is 0.344 e. The largest absolute Gasteiger partial charge is 0.471 e. The minimum Gasteiger partial charge on any atom is -0.344 e. The predicted molar refractivity (Wildman–Crippen MR) is 110 cm³/mol. The second kappa shape index (κ2) is 9.13. The quantitative estimate of drug-likeness (QED) is 0.610. The molecule has 2 aromatic carbocycles. The lowest BCUT2D eigenvalue weighted by Crippen LogP contribution is -2.42. The molecule has 0 aliphatic heterocycles. The highest BCUT2D eigenvalue weighted by Gasteiger charge is 2.38. The van der Waals surface area contributed by atoms with Gasteiger partial charge in [-0.2, -0.15) is 18.2 Å². The van der Waals surface area contributed by atoms with Crippen LogP contribution in [-0.4, -0.2) is 47.6 Å². The molecular formula is C22H21F3N4O2. The first-order chi connectivity index (χ1) is 14.6. The van der Waals surface area contributed by atoms with E-state index in [4.69, 9.17) is 0 Å². The fourth-order valence-electron chi connectivity index (χ4n) is 2.93. The monoisotopic (exact) mass is 430 g/mol. The average Bonchev–Trinajstić information content (AvgIpc) is 3.24. The van der Waals surface area contributed by atoms with Crippen molar-refractivity contribution in [3.8, 4) is 11.4 Å². The number of alkyl halides is 3. The van der Waals surface area contributed by atoms with E-state index in [1.165, 1.54) is 24.3 Å². The van der Waals surface area contributed by atoms with Crippen LogP contribution in [0.4, 0.5) is 13.2 Å². The van der Waals surface area contributed by atoms with Crippen molar-refractivity contribution in [2.75, 3.05) is 20.6 Å². The summed E-state index contributed by atoms with van der Waals surface area (Å²) in [5.41, 5.74) is 2.33. The number of amides is 1. The first-order valence-corrected chi connectivity index (χ1v) is 9.36. The van der Waals surface area contributed by atoms with E-state index in [1.807, 2.05) is 49.3 Å². The summed E-state index contributed by atoms with van der Waals surface area (Å²) >= 11 is 0. The van der Waals surface area contributed by atoms with Gasteiger partial charge in [0.1, 0.15) is 0 Å². The Morgan fingerprint density at radius 3 is 2.29 bits per heavy atom. The summed E-state index contributed by atoms with van der Waals surface area (Å²) < 4.78 is 42.1. The standard InChI is InChI=1S/C22H21F3N4O2/c1-14(15-7-5-4-6-8-15)18(13-29(2)3)26-20(30)17-11-9-16(10-12-17)19-27-21(31-28-19)22(23,24)25/h4-12,18H,1,13H2,2-3H3,(H,26,30)/t18-/m0/s1. The van der Waals surface area contributed by atoms with Crippen molar-refractivity contribution in [3.05, 3.63) is 78.2 Å². The van der Waals surface area contributed by atoms with Crippen LogP contribution in [0.25, 0.3) is 17.0 Å². The maximum Gasteiger partial charge on any atom is 0.471 e. The van der Waals surface area contributed by atoms with E-state index in [-0.39, 0.29) is 17.8 Å². The Hall–Kier alpha value is -3.46. The third-order valence-corrected chi connectivity index (χ3v) is 4.49. The zero-order valence-electron chi connectivity index (χ0n) is 17.0. The number of nitrogens with zero attached hydrogens (tertiary/aromatic N) is 3. The van der Waals surface area contributed by atoms with Crippen molar-refractivity contribution in [2.24, 2.45) is 0 Å². The van der Waals surface area contributed by atoms with E-state index >= 15 is 0 Å². The molecule has 3 rings (SSSR count). The topological polar surface area (TPSA) is 71.3 Å². The van der Waals surface area contributed by atoms with E-state index < -0.39 is 12.1 Å². The van der Waals surface area contributed by atoms with Crippen LogP contribution in [0.3, 0.4) is 0 Å². The van der Waals surface area contributed by atoms with Gasteiger partial charge in [0.25, 0.3) is 5.91 Å². The summed E-state index contributed by atoms with van der Waals surface area (Å²) in [6, 6.07) is 15.1. The van der Waals surface area contributed by atoms with Gasteiger partial charge in [-0.3, -0.25) is 4.79 Å². The molecule has 0 fully saturated rings. The first kappa shape index (κ1) is 22.2. The average molecular weight is 430 g/mol. The Labute approximate surface area is 177 Å². The van der Waals surface area contributed by atoms with Gasteiger partial charge in [-0.05, 0) is 37.4 Å². The summed E-state index contributed by atoms with van der Waals surface area (Å²) in [5, 5.41) is 6.31. The molecule has 1 amide bonds. The van der Waals surface area contributed by atoms with E-state index in [9.17, 15) is 18.0 Å². The van der Waals surface area contributed by atoms with Gasteiger partial charge in [0.2, 0.25) is 5.82 Å². The van der Waals surface area contributed by atoms with Crippen molar-refractivity contribution < 1.29 is 22.5 Å². The van der Waals surface area contributed by atoms with Gasteiger partial charge in [-0.25, -0.2) is 0 Å². The molecule has 9 heteroatoms. The van der Waals surface area contributed by atoms with Gasteiger partial charge in [0.15, 0.2) is 0 Å². The highest BCUT2D eigenvalue weighted by Crippen LogP contribution is 2.29. The van der Waals surface area contributed by atoms with Crippen molar-refractivity contribution in [1.29, 1.82) is 0 Å². The Kier molecular flexibility index (Phi) is 6.55. The molecule has 162 valence electrons. The van der Waals surface area contributed by atoms with Crippen LogP contribution in [0.5, 0.6) is 0 Å². The second-order valence-corrected chi connectivity index (χ2v) is 7.18. The van der Waals surface area contributed by atoms with E-state index in [1.54, 1.807) is 0 Å². The Balaban J connectivity index is 1.75. The minimum atomic E-state index is -4.71. The SMILES string of the molecule is C=C(c1ccccc1)[C@H](CN(C)C)NC(=O)c1ccc(-c2noc(C(F)(F)F)n2)cc1. The van der Waals surface area contributed by atoms with E-state index in [0.29, 0.717) is 17.7 Å². The molecule has 1 atom stereocenters. The Morgan fingerprint density at radius 2 is 1.74 bits per heavy atom. The molecule has 31 heavy (non-hydrogen) atoms. The molecular weight excluding hydrogens is 409 g/mol. The van der Waals surface area contributed by atoms with Crippen molar-refractivity contribution in [2.45, 2.75) is 12.2 Å². The van der Waals surface area contributed by atoms with Crippen molar-refractivity contribution in [1.82, 2.24) is 20.4 Å². The van der Waals surface area contributed by atoms with E-state index in [0.717, 1.165) is 11.1 Å². The summed E-state index contributed by atoms with van der Waals surface area (Å²) in [6.07, 6.45) is -4.71. The van der Waals surface area contributed by atoms with Gasteiger partial charge < -0.3 is 14.7 Å². The zero-order valence-corrected chi connectivity index (χ0v) is 17.0. The van der Waals surface area contributed by atoms with Crippen molar-refractivity contribution in [3.63, 3.8) is 0 Å². The lowest BCUT2D eigenvalue weighted by atomic mass is 9.99. The lowest BCUT2D eigenvalue weighted by Gasteiger charge is -2.24. The molecule has 0 spiro atoms. The Morgan fingerprint density at radius 1 is 1.10 bits per heavy atom. The number of nitrogens with one attached hydrogen (secondary N) is 1. The lowest BCUT2D eigenvalue weighted by molar-refractivity contribution is -0.159. The fourth-order valence-corrected chi connectivity index (χ4v) is 2.93. The number of likely N-dealkylation sites (N-methyl/N-ethyl adjacent to an activating group) is 1. The number of halogens is 3. The van der Waals surface area contributed by atoms with Crippen LogP contribution >= 0.6 is 0 Å². The van der Waals surface area contributed by atoms with Gasteiger partial charge in [0.05, 0.1) is 6.04 Å². The minimum absolute atomic E-state index is 0.206. The maximum absolute atomic E-state index is 12.8. The zero-order chi connectivity index (χ0) is 22.6. The third kappa shape index (κ3) is 5.58. The number of aromatic nitrogens is 2. The fraction of sp³-hybridized carbons (Fsp3) is 0.227. The molecule has 0 radical (unpaired) electrons. The summed E-state index contributed by atoms with van der Waals surface area (Å²) in [6.45, 7) is 4.68. The summed E-state index contributed by atoms with van der Waals surface area (Å²) in [5.74, 6) is -1.96. The molecule has 1 aromatic heterocycles.